The van der Waals surface area contributed by atoms with E-state index in [0.717, 1.165) is 17.7 Å². The van der Waals surface area contributed by atoms with Crippen LogP contribution >= 0.6 is 11.6 Å². The molecular formula is C18H11ClN4O3. The SMILES string of the molecule is O=Cc1cc(Cl)nc2c(N3C(=O)c4ccccc4C3=O)nn(C3CC3)c12. The van der Waals surface area contributed by atoms with Gasteiger partial charge in [-0.3, -0.25) is 19.1 Å². The number of carbonyl (C=O) groups is 3. The van der Waals surface area contributed by atoms with E-state index in [1.807, 2.05) is 0 Å². The predicted octanol–water partition coefficient (Wildman–Crippen LogP) is 3.03. The quantitative estimate of drug-likeness (QED) is 0.404. The maximum Gasteiger partial charge on any atom is 0.267 e. The Kier molecular flexibility index (Phi) is 3.05. The third kappa shape index (κ3) is 1.97. The van der Waals surface area contributed by atoms with Crippen molar-refractivity contribution in [2.24, 2.45) is 0 Å². The number of amides is 2. The second-order valence-electron chi connectivity index (χ2n) is 6.34. The Morgan fingerprint density at radius 2 is 1.77 bits per heavy atom. The van der Waals surface area contributed by atoms with Gasteiger partial charge in [0.25, 0.3) is 11.8 Å². The number of nitrogens with zero attached hydrogens (tertiary/aromatic N) is 4. The Morgan fingerprint density at radius 3 is 2.35 bits per heavy atom. The van der Waals surface area contributed by atoms with Gasteiger partial charge in [0, 0.05) is 5.56 Å². The molecular weight excluding hydrogens is 356 g/mol. The lowest BCUT2D eigenvalue weighted by atomic mass is 10.1. The van der Waals surface area contributed by atoms with Gasteiger partial charge in [-0.25, -0.2) is 9.88 Å². The minimum absolute atomic E-state index is 0.104. The third-order valence-electron chi connectivity index (χ3n) is 4.66. The monoisotopic (exact) mass is 366 g/mol. The first-order valence-corrected chi connectivity index (χ1v) is 8.49. The fraction of sp³-hybridized carbons (Fsp3) is 0.167. The molecule has 0 atom stereocenters. The number of imide groups is 1. The lowest BCUT2D eigenvalue weighted by molar-refractivity contribution is 0.0924. The summed E-state index contributed by atoms with van der Waals surface area (Å²) in [5.74, 6) is -0.798. The average Bonchev–Trinajstić information content (AvgIpc) is 3.38. The first kappa shape index (κ1) is 15.2. The van der Waals surface area contributed by atoms with E-state index in [-0.39, 0.29) is 22.5 Å². The molecule has 8 heteroatoms. The summed E-state index contributed by atoms with van der Waals surface area (Å²) in [6.07, 6.45) is 2.52. The largest absolute Gasteiger partial charge is 0.298 e. The van der Waals surface area contributed by atoms with Crippen LogP contribution in [0, 0.1) is 0 Å². The fourth-order valence-electron chi connectivity index (χ4n) is 3.33. The van der Waals surface area contributed by atoms with Crippen molar-refractivity contribution in [3.8, 4) is 0 Å². The Balaban J connectivity index is 1.78. The van der Waals surface area contributed by atoms with Crippen molar-refractivity contribution in [1.82, 2.24) is 14.8 Å². The Bertz CT molecular complexity index is 1100. The average molecular weight is 367 g/mol. The second-order valence-corrected chi connectivity index (χ2v) is 6.73. The lowest BCUT2D eigenvalue weighted by Crippen LogP contribution is -2.30. The zero-order valence-electron chi connectivity index (χ0n) is 13.3. The van der Waals surface area contributed by atoms with Gasteiger partial charge in [-0.05, 0) is 31.0 Å². The van der Waals surface area contributed by atoms with E-state index < -0.39 is 11.8 Å². The molecule has 1 aliphatic heterocycles. The highest BCUT2D eigenvalue weighted by Gasteiger charge is 2.40. The number of fused-ring (bicyclic) bond motifs is 2. The minimum Gasteiger partial charge on any atom is -0.298 e. The number of hydrogen-bond acceptors (Lipinski definition) is 5. The van der Waals surface area contributed by atoms with Crippen LogP contribution in [0.5, 0.6) is 0 Å². The van der Waals surface area contributed by atoms with Crippen molar-refractivity contribution in [3.63, 3.8) is 0 Å². The number of carbonyl (C=O) groups excluding carboxylic acids is 3. The van der Waals surface area contributed by atoms with Crippen LogP contribution in [0.1, 0.15) is 50.0 Å². The summed E-state index contributed by atoms with van der Waals surface area (Å²) in [7, 11) is 0. The van der Waals surface area contributed by atoms with Crippen LogP contribution in [0.25, 0.3) is 11.0 Å². The molecule has 3 heterocycles. The summed E-state index contributed by atoms with van der Waals surface area (Å²) in [4.78, 5) is 42.4. The van der Waals surface area contributed by atoms with Crippen LogP contribution in [0.15, 0.2) is 30.3 Å². The van der Waals surface area contributed by atoms with Crippen LogP contribution in [0.3, 0.4) is 0 Å². The summed E-state index contributed by atoms with van der Waals surface area (Å²) >= 11 is 6.05. The molecule has 0 unspecified atom stereocenters. The van der Waals surface area contributed by atoms with Gasteiger partial charge in [-0.15, -0.1) is 0 Å². The summed E-state index contributed by atoms with van der Waals surface area (Å²) in [6, 6.07) is 8.20. The molecule has 1 aliphatic carbocycles. The van der Waals surface area contributed by atoms with E-state index >= 15 is 0 Å². The number of rotatable bonds is 3. The molecule has 7 nitrogen and oxygen atoms in total. The molecule has 2 amide bonds. The Labute approximate surface area is 152 Å². The summed E-state index contributed by atoms with van der Waals surface area (Å²) < 4.78 is 1.68. The molecule has 1 saturated carbocycles. The number of anilines is 1. The van der Waals surface area contributed by atoms with Crippen molar-refractivity contribution in [1.29, 1.82) is 0 Å². The van der Waals surface area contributed by atoms with Gasteiger partial charge >= 0.3 is 0 Å². The lowest BCUT2D eigenvalue weighted by Gasteiger charge is -2.10. The van der Waals surface area contributed by atoms with Gasteiger partial charge in [0.1, 0.15) is 16.2 Å². The normalized spacial score (nSPS) is 16.4. The van der Waals surface area contributed by atoms with Gasteiger partial charge in [-0.2, -0.15) is 5.10 Å². The Morgan fingerprint density at radius 1 is 1.12 bits per heavy atom. The van der Waals surface area contributed by atoms with Gasteiger partial charge in [0.2, 0.25) is 0 Å². The van der Waals surface area contributed by atoms with Crippen LogP contribution in [-0.2, 0) is 0 Å². The van der Waals surface area contributed by atoms with Crippen LogP contribution in [0.2, 0.25) is 5.15 Å². The highest BCUT2D eigenvalue weighted by atomic mass is 35.5. The minimum atomic E-state index is -0.456. The van der Waals surface area contributed by atoms with Crippen molar-refractivity contribution >= 4 is 46.6 Å². The molecule has 2 aliphatic rings. The molecule has 0 radical (unpaired) electrons. The maximum atomic E-state index is 12.8. The van der Waals surface area contributed by atoms with Crippen molar-refractivity contribution in [2.75, 3.05) is 4.90 Å². The van der Waals surface area contributed by atoms with Gasteiger partial charge in [0.15, 0.2) is 12.1 Å². The highest BCUT2D eigenvalue weighted by molar-refractivity contribution is 6.36. The standard InChI is InChI=1S/C18H11ClN4O3/c19-13-7-9(8-24)15-14(20-13)16(21-23(15)10-5-6-10)22-17(25)11-3-1-2-4-12(11)18(22)26/h1-4,7-8,10H,5-6H2. The first-order valence-electron chi connectivity index (χ1n) is 8.12. The molecule has 0 saturated heterocycles. The van der Waals surface area contributed by atoms with E-state index in [1.54, 1.807) is 28.9 Å². The molecule has 26 heavy (non-hydrogen) atoms. The summed E-state index contributed by atoms with van der Waals surface area (Å²) in [5, 5.41) is 4.59. The van der Waals surface area contributed by atoms with E-state index in [4.69, 9.17) is 11.6 Å². The molecule has 0 N–H and O–H groups in total. The zero-order chi connectivity index (χ0) is 18.0. The number of benzene rings is 1. The highest BCUT2D eigenvalue weighted by Crippen LogP contribution is 2.41. The zero-order valence-corrected chi connectivity index (χ0v) is 14.1. The van der Waals surface area contributed by atoms with Crippen molar-refractivity contribution in [3.05, 3.63) is 52.2 Å². The molecule has 128 valence electrons. The number of aldehydes is 1. The number of pyridine rings is 1. The molecule has 3 aromatic rings. The molecule has 2 aromatic heterocycles. The predicted molar refractivity (Wildman–Crippen MR) is 93.8 cm³/mol. The number of hydrogen-bond donors (Lipinski definition) is 0. The summed E-state index contributed by atoms with van der Waals surface area (Å²) in [5.41, 5.74) is 1.76. The van der Waals surface area contributed by atoms with Crippen LogP contribution in [-0.4, -0.2) is 32.9 Å². The Hall–Kier alpha value is -3.06. The van der Waals surface area contributed by atoms with E-state index in [9.17, 15) is 14.4 Å². The first-order chi connectivity index (χ1) is 12.6. The molecule has 1 fully saturated rings. The summed E-state index contributed by atoms with van der Waals surface area (Å²) in [6.45, 7) is 0. The van der Waals surface area contributed by atoms with Crippen LogP contribution < -0.4 is 4.90 Å². The van der Waals surface area contributed by atoms with Gasteiger partial charge in [0.05, 0.1) is 17.2 Å². The van der Waals surface area contributed by atoms with E-state index in [0.29, 0.717) is 28.5 Å². The molecule has 1 aromatic carbocycles. The number of halogens is 1. The molecule has 0 bridgehead atoms. The smallest absolute Gasteiger partial charge is 0.267 e. The van der Waals surface area contributed by atoms with Gasteiger partial charge in [-0.1, -0.05) is 23.7 Å². The molecule has 0 spiro atoms. The topological polar surface area (TPSA) is 85.2 Å². The third-order valence-corrected chi connectivity index (χ3v) is 4.85. The van der Waals surface area contributed by atoms with E-state index in [2.05, 4.69) is 10.1 Å². The molecule has 5 rings (SSSR count). The van der Waals surface area contributed by atoms with E-state index in [1.165, 1.54) is 6.07 Å². The second kappa shape index (κ2) is 5.22. The number of aromatic nitrogens is 3. The van der Waals surface area contributed by atoms with Gasteiger partial charge < -0.3 is 0 Å². The van der Waals surface area contributed by atoms with Crippen molar-refractivity contribution in [2.45, 2.75) is 18.9 Å². The van der Waals surface area contributed by atoms with Crippen molar-refractivity contribution < 1.29 is 14.4 Å². The maximum absolute atomic E-state index is 12.8. The van der Waals surface area contributed by atoms with Crippen LogP contribution in [0.4, 0.5) is 5.82 Å². The fourth-order valence-corrected chi connectivity index (χ4v) is 3.53.